The summed E-state index contributed by atoms with van der Waals surface area (Å²) in [5.41, 5.74) is 2.16. The molecule has 0 spiro atoms. The Kier molecular flexibility index (Phi) is 10.3. The van der Waals surface area contributed by atoms with E-state index >= 15 is 0 Å². The summed E-state index contributed by atoms with van der Waals surface area (Å²) in [6, 6.07) is 7.94. The van der Waals surface area contributed by atoms with Gasteiger partial charge >= 0.3 is 0 Å². The van der Waals surface area contributed by atoms with Gasteiger partial charge in [-0.05, 0) is 31.7 Å². The molecule has 1 rings (SSSR count). The molecule has 9 nitrogen and oxygen atoms in total. The van der Waals surface area contributed by atoms with E-state index in [0.717, 1.165) is 5.56 Å². The molecule has 0 heterocycles. The van der Waals surface area contributed by atoms with Gasteiger partial charge < -0.3 is 15.7 Å². The molecule has 0 bridgehead atoms. The van der Waals surface area contributed by atoms with Crippen molar-refractivity contribution < 1.29 is 28.9 Å². The molecule has 1 aromatic carbocycles. The summed E-state index contributed by atoms with van der Waals surface area (Å²) in [4.78, 5) is 37.3. The van der Waals surface area contributed by atoms with Crippen LogP contribution in [0.15, 0.2) is 30.3 Å². The zero-order valence-corrected chi connectivity index (χ0v) is 19.4. The maximum absolute atomic E-state index is 13.1. The van der Waals surface area contributed by atoms with Crippen LogP contribution in [-0.4, -0.2) is 56.2 Å². The lowest BCUT2D eigenvalue weighted by Crippen LogP contribution is -2.61. The minimum atomic E-state index is -1.81. The first-order valence-corrected chi connectivity index (χ1v) is 11.3. The summed E-state index contributed by atoms with van der Waals surface area (Å²) in [5.74, 6) is -3.51. The van der Waals surface area contributed by atoms with E-state index in [4.69, 9.17) is 5.21 Å². The zero-order chi connectivity index (χ0) is 23.8. The third-order valence-corrected chi connectivity index (χ3v) is 7.04. The number of benzene rings is 1. The van der Waals surface area contributed by atoms with Crippen LogP contribution in [0.3, 0.4) is 0 Å². The van der Waals surface area contributed by atoms with Crippen molar-refractivity contribution in [3.8, 4) is 0 Å². The summed E-state index contributed by atoms with van der Waals surface area (Å²) in [5, 5.41) is 24.1. The second kappa shape index (κ2) is 11.9. The first kappa shape index (κ1) is 26.7. The topological polar surface area (TPSA) is 145 Å². The highest BCUT2D eigenvalue weighted by molar-refractivity contribution is 7.85. The fourth-order valence-electron chi connectivity index (χ4n) is 3.13. The molecule has 4 unspecified atom stereocenters. The number of aliphatic hydroxyl groups excluding tert-OH is 1. The quantitative estimate of drug-likeness (QED) is 0.242. The Morgan fingerprint density at radius 2 is 1.65 bits per heavy atom. The third-order valence-electron chi connectivity index (χ3n) is 5.04. The van der Waals surface area contributed by atoms with Gasteiger partial charge in [-0.25, -0.2) is 5.48 Å². The van der Waals surface area contributed by atoms with Gasteiger partial charge in [0.05, 0.1) is 10.7 Å². The van der Waals surface area contributed by atoms with Gasteiger partial charge in [0.2, 0.25) is 11.8 Å². The fraction of sp³-hybridized carbons (Fsp3) is 0.571. The van der Waals surface area contributed by atoms with E-state index in [1.165, 1.54) is 12.5 Å². The number of amides is 3. The molecule has 0 aliphatic rings. The van der Waals surface area contributed by atoms with E-state index in [2.05, 4.69) is 10.6 Å². The summed E-state index contributed by atoms with van der Waals surface area (Å²) in [6.07, 6.45) is -1.68. The number of hydroxylamine groups is 1. The predicted octanol–water partition coefficient (Wildman–Crippen LogP) is 0.473. The minimum absolute atomic E-state index is 0.0597. The number of rotatable bonds is 11. The molecule has 3 amide bonds. The molecular weight excluding hydrogens is 422 g/mol. The normalized spacial score (nSPS) is 15.5. The molecule has 0 aliphatic heterocycles. The highest BCUT2D eigenvalue weighted by atomic mass is 32.2. The number of carbonyl (C=O) groups excluding carboxylic acids is 3. The van der Waals surface area contributed by atoms with Crippen LogP contribution in [0.2, 0.25) is 0 Å². The van der Waals surface area contributed by atoms with Crippen LogP contribution < -0.4 is 16.1 Å². The van der Waals surface area contributed by atoms with Gasteiger partial charge in [-0.2, -0.15) is 0 Å². The van der Waals surface area contributed by atoms with Gasteiger partial charge in [-0.1, -0.05) is 44.2 Å². The molecule has 10 heteroatoms. The standard InChI is InChI=1S/C21H33N3O6S/c1-13(2)11-15(16(25)19(27)24-29)18(26)23-17(20(28)22-5)21(3,4)31(30)12-14-9-7-6-8-10-14/h6-10,13,15-17,25,29H,11-12H2,1-5H3,(H,22,28)(H,23,26)(H,24,27). The highest BCUT2D eigenvalue weighted by Gasteiger charge is 2.43. The summed E-state index contributed by atoms with van der Waals surface area (Å²) < 4.78 is 12.0. The van der Waals surface area contributed by atoms with Crippen molar-refractivity contribution in [3.63, 3.8) is 0 Å². The average Bonchev–Trinajstić information content (AvgIpc) is 2.74. The summed E-state index contributed by atoms with van der Waals surface area (Å²) in [7, 11) is -0.152. The van der Waals surface area contributed by atoms with E-state index in [9.17, 15) is 23.7 Å². The number of carbonyl (C=O) groups is 3. The van der Waals surface area contributed by atoms with Crippen LogP contribution in [0.4, 0.5) is 0 Å². The number of hydrogen-bond acceptors (Lipinski definition) is 6. The van der Waals surface area contributed by atoms with Gasteiger partial charge in [0.25, 0.3) is 5.91 Å². The molecule has 0 aliphatic carbocycles. The maximum atomic E-state index is 13.1. The van der Waals surface area contributed by atoms with Gasteiger partial charge in [0.1, 0.15) is 12.1 Å². The molecule has 0 saturated heterocycles. The number of likely N-dealkylation sites (N-methyl/N-ethyl adjacent to an activating group) is 1. The Bertz CT molecular complexity index is 785. The Balaban J connectivity index is 3.16. The van der Waals surface area contributed by atoms with Crippen molar-refractivity contribution in [1.82, 2.24) is 16.1 Å². The molecule has 1 aromatic rings. The van der Waals surface area contributed by atoms with Crippen molar-refractivity contribution >= 4 is 28.5 Å². The molecule has 0 radical (unpaired) electrons. The van der Waals surface area contributed by atoms with E-state index in [1.54, 1.807) is 27.7 Å². The largest absolute Gasteiger partial charge is 0.382 e. The van der Waals surface area contributed by atoms with Crippen LogP contribution in [0, 0.1) is 11.8 Å². The zero-order valence-electron chi connectivity index (χ0n) is 18.5. The number of nitrogens with one attached hydrogen (secondary N) is 3. The predicted molar refractivity (Wildman–Crippen MR) is 117 cm³/mol. The fourth-order valence-corrected chi connectivity index (χ4v) is 4.42. The van der Waals surface area contributed by atoms with Crippen LogP contribution in [0.1, 0.15) is 39.7 Å². The van der Waals surface area contributed by atoms with Gasteiger partial charge in [-0.3, -0.25) is 23.8 Å². The van der Waals surface area contributed by atoms with Crippen LogP contribution in [0.5, 0.6) is 0 Å². The lowest BCUT2D eigenvalue weighted by Gasteiger charge is -2.34. The van der Waals surface area contributed by atoms with Crippen LogP contribution in [-0.2, 0) is 30.9 Å². The van der Waals surface area contributed by atoms with Crippen LogP contribution in [0.25, 0.3) is 0 Å². The Morgan fingerprint density at radius 1 is 1.06 bits per heavy atom. The van der Waals surface area contributed by atoms with Crippen molar-refractivity contribution in [2.75, 3.05) is 7.05 Å². The van der Waals surface area contributed by atoms with E-state index in [1.807, 2.05) is 30.3 Å². The molecular formula is C21H33N3O6S. The molecule has 31 heavy (non-hydrogen) atoms. The second-order valence-electron chi connectivity index (χ2n) is 8.29. The molecule has 5 N–H and O–H groups in total. The Morgan fingerprint density at radius 3 is 2.13 bits per heavy atom. The highest BCUT2D eigenvalue weighted by Crippen LogP contribution is 2.24. The molecule has 0 aromatic heterocycles. The van der Waals surface area contributed by atoms with Crippen molar-refractivity contribution in [2.45, 2.75) is 56.8 Å². The third kappa shape index (κ3) is 7.41. The van der Waals surface area contributed by atoms with E-state index < -0.39 is 51.3 Å². The average molecular weight is 456 g/mol. The SMILES string of the molecule is CNC(=O)C(NC(=O)C(CC(C)C)C(O)C(=O)NO)C(C)(C)S(=O)Cc1ccccc1. The first-order valence-electron chi connectivity index (χ1n) is 10.0. The first-order chi connectivity index (χ1) is 14.4. The summed E-state index contributed by atoms with van der Waals surface area (Å²) >= 11 is 0. The van der Waals surface area contributed by atoms with Crippen molar-refractivity contribution in [3.05, 3.63) is 35.9 Å². The Hall–Kier alpha value is -2.30. The molecule has 0 saturated carbocycles. The van der Waals surface area contributed by atoms with Crippen LogP contribution >= 0.6 is 0 Å². The van der Waals surface area contributed by atoms with Crippen molar-refractivity contribution in [1.29, 1.82) is 0 Å². The smallest absolute Gasteiger partial charge is 0.272 e. The summed E-state index contributed by atoms with van der Waals surface area (Å²) in [6.45, 7) is 6.83. The van der Waals surface area contributed by atoms with E-state index in [0.29, 0.717) is 0 Å². The minimum Gasteiger partial charge on any atom is -0.382 e. The lowest BCUT2D eigenvalue weighted by atomic mass is 9.90. The Labute approximate surface area is 185 Å². The number of hydrogen-bond donors (Lipinski definition) is 5. The molecule has 4 atom stereocenters. The molecule has 174 valence electrons. The van der Waals surface area contributed by atoms with Gasteiger partial charge in [0.15, 0.2) is 0 Å². The molecule has 0 fully saturated rings. The monoisotopic (exact) mass is 455 g/mol. The van der Waals surface area contributed by atoms with Gasteiger partial charge in [0, 0.05) is 23.6 Å². The second-order valence-corrected chi connectivity index (χ2v) is 10.3. The van der Waals surface area contributed by atoms with Crippen molar-refractivity contribution in [2.24, 2.45) is 11.8 Å². The maximum Gasteiger partial charge on any atom is 0.272 e. The number of aliphatic hydroxyl groups is 1. The van der Waals surface area contributed by atoms with Gasteiger partial charge in [-0.15, -0.1) is 0 Å². The lowest BCUT2D eigenvalue weighted by molar-refractivity contribution is -0.147. The van der Waals surface area contributed by atoms with E-state index in [-0.39, 0.29) is 18.1 Å².